The number of nitrogens with two attached hydrogens (primary N) is 2. The standard InChI is InChI=1S/C44H70N12O12S/c1-28(2)21-34(49-36(57)24-53-12-14-54(25-37(58)59)16-18-56(27-39(62)63)19-17-55(15-13-53)26-38(60)61)41(65)52-35(22-29-23-48-31-8-5-4-7-30(29)31)42(66)50-32(10-20-69-3)40(64)51-33(43(67)68)9-6-11-47-44(45)46/h4-5,7-8,23,28,32-35,48H,6,9-22,24-27H2,1-3H3,(H,49,57)(H,50,66)(H,51,64)(H,52,65)(H,58,59)(H,60,61)(H,62,63)(H,67,68)(H4,45,46,47)/t32-,33-,34-,35-/m0/s1. The number of hydrogen-bond acceptors (Lipinski definition) is 14. The number of carboxylic acids is 4. The van der Waals surface area contributed by atoms with E-state index < -0.39 is 71.7 Å². The Morgan fingerprint density at radius 1 is 0.667 bits per heavy atom. The highest BCUT2D eigenvalue weighted by Gasteiger charge is 2.33. The number of amides is 4. The number of carbonyl (C=O) groups excluding carboxylic acids is 4. The molecule has 0 spiro atoms. The number of fused-ring (bicyclic) bond motifs is 1. The second-order valence-electron chi connectivity index (χ2n) is 17.4. The fraction of sp³-hybridized carbons (Fsp3) is 0.614. The molecule has 4 amide bonds. The number of aromatic amines is 1. The molecule has 3 rings (SSSR count). The number of nitrogens with zero attached hydrogens (tertiary/aromatic N) is 5. The number of aliphatic carboxylic acids is 4. The SMILES string of the molecule is CSCC[C@H](NC(=O)[C@H](Cc1c[nH]c2ccccc12)NC(=O)[C@H](CC(C)C)NC(=O)CN1CCN(CC(=O)O)CCN(CC(=O)O)CCN(CC(=O)O)CC1)C(=O)N[C@@H](CCCN=C(N)N)C(=O)O. The van der Waals surface area contributed by atoms with Crippen LogP contribution in [0.15, 0.2) is 35.5 Å². The van der Waals surface area contributed by atoms with Crippen LogP contribution in [0, 0.1) is 5.92 Å². The van der Waals surface area contributed by atoms with Crippen molar-refractivity contribution in [2.24, 2.45) is 22.4 Å². The monoisotopic (exact) mass is 990 g/mol. The number of H-pyrrole nitrogens is 1. The lowest BCUT2D eigenvalue weighted by molar-refractivity contribution is -0.142. The van der Waals surface area contributed by atoms with Crippen molar-refractivity contribution in [2.45, 2.75) is 70.1 Å². The fourth-order valence-electron chi connectivity index (χ4n) is 7.74. The molecule has 1 aromatic carbocycles. The van der Waals surface area contributed by atoms with Gasteiger partial charge in [0.15, 0.2) is 5.96 Å². The van der Waals surface area contributed by atoms with Crippen molar-refractivity contribution in [3.8, 4) is 0 Å². The summed E-state index contributed by atoms with van der Waals surface area (Å²) in [5.41, 5.74) is 12.2. The van der Waals surface area contributed by atoms with E-state index in [-0.39, 0.29) is 129 Å². The van der Waals surface area contributed by atoms with E-state index in [1.807, 2.05) is 44.4 Å². The molecule has 4 atom stereocenters. The lowest BCUT2D eigenvalue weighted by Gasteiger charge is -2.33. The molecule has 25 heteroatoms. The summed E-state index contributed by atoms with van der Waals surface area (Å²) < 4.78 is 0. The molecular weight excluding hydrogens is 921 g/mol. The average molecular weight is 991 g/mol. The number of carboxylic acid groups (broad SMARTS) is 4. The summed E-state index contributed by atoms with van der Waals surface area (Å²) in [5, 5.41) is 50.3. The number of aliphatic imine (C=N–C) groups is 1. The van der Waals surface area contributed by atoms with Gasteiger partial charge in [0.25, 0.3) is 0 Å². The molecule has 0 unspecified atom stereocenters. The Balaban J connectivity index is 1.88. The number of benzene rings is 1. The minimum atomic E-state index is -1.31. The van der Waals surface area contributed by atoms with Gasteiger partial charge in [-0.2, -0.15) is 11.8 Å². The number of guanidine groups is 1. The summed E-state index contributed by atoms with van der Waals surface area (Å²) in [4.78, 5) is 117. The molecule has 13 N–H and O–H groups in total. The van der Waals surface area contributed by atoms with Gasteiger partial charge in [-0.1, -0.05) is 32.0 Å². The maximum absolute atomic E-state index is 14.4. The maximum atomic E-state index is 14.4. The highest BCUT2D eigenvalue weighted by atomic mass is 32.2. The maximum Gasteiger partial charge on any atom is 0.326 e. The summed E-state index contributed by atoms with van der Waals surface area (Å²) in [7, 11) is 0. The van der Waals surface area contributed by atoms with Gasteiger partial charge < -0.3 is 58.1 Å². The molecule has 1 saturated heterocycles. The van der Waals surface area contributed by atoms with Gasteiger partial charge in [0.05, 0.1) is 26.2 Å². The third kappa shape index (κ3) is 21.9. The molecule has 2 aromatic rings. The Kier molecular flexibility index (Phi) is 24.7. The molecule has 1 fully saturated rings. The van der Waals surface area contributed by atoms with Crippen LogP contribution in [-0.4, -0.2) is 220 Å². The first-order chi connectivity index (χ1) is 32.7. The van der Waals surface area contributed by atoms with Crippen molar-refractivity contribution >= 4 is 76.1 Å². The van der Waals surface area contributed by atoms with E-state index in [4.69, 9.17) is 11.5 Å². The molecule has 1 aliphatic heterocycles. The number of hydrogen-bond donors (Lipinski definition) is 11. The molecule has 0 radical (unpaired) electrons. The summed E-state index contributed by atoms with van der Waals surface area (Å²) in [6, 6.07) is 2.41. The largest absolute Gasteiger partial charge is 0.480 e. The normalized spacial score (nSPS) is 16.5. The van der Waals surface area contributed by atoms with Gasteiger partial charge in [0, 0.05) is 82.4 Å². The zero-order valence-electron chi connectivity index (χ0n) is 39.6. The molecule has 1 aromatic heterocycles. The molecule has 1 aliphatic rings. The van der Waals surface area contributed by atoms with Gasteiger partial charge in [-0.3, -0.25) is 58.2 Å². The van der Waals surface area contributed by atoms with Gasteiger partial charge in [-0.05, 0) is 55.2 Å². The van der Waals surface area contributed by atoms with Crippen LogP contribution in [0.25, 0.3) is 10.9 Å². The van der Waals surface area contributed by atoms with Gasteiger partial charge in [-0.25, -0.2) is 4.79 Å². The topological polar surface area (TPSA) is 359 Å². The van der Waals surface area contributed by atoms with E-state index in [2.05, 4.69) is 31.2 Å². The molecule has 0 saturated carbocycles. The first-order valence-corrected chi connectivity index (χ1v) is 24.2. The van der Waals surface area contributed by atoms with Crippen LogP contribution in [0.3, 0.4) is 0 Å². The highest BCUT2D eigenvalue weighted by molar-refractivity contribution is 7.98. The number of para-hydroxylation sites is 1. The Bertz CT molecular complexity index is 2040. The quantitative estimate of drug-likeness (QED) is 0.0264. The smallest absolute Gasteiger partial charge is 0.326 e. The van der Waals surface area contributed by atoms with E-state index in [1.54, 1.807) is 25.8 Å². The van der Waals surface area contributed by atoms with Gasteiger partial charge in [0.1, 0.15) is 24.2 Å². The molecule has 0 aliphatic carbocycles. The second kappa shape index (κ2) is 29.8. The third-order valence-corrected chi connectivity index (χ3v) is 11.9. The fourth-order valence-corrected chi connectivity index (χ4v) is 8.21. The lowest BCUT2D eigenvalue weighted by Crippen LogP contribution is -2.59. The molecule has 0 bridgehead atoms. The van der Waals surface area contributed by atoms with Crippen molar-refractivity contribution in [2.75, 3.05) is 97.1 Å². The molecule has 24 nitrogen and oxygen atoms in total. The van der Waals surface area contributed by atoms with E-state index >= 15 is 0 Å². The Labute approximate surface area is 405 Å². The second-order valence-corrected chi connectivity index (χ2v) is 18.3. The third-order valence-electron chi connectivity index (χ3n) is 11.3. The average Bonchev–Trinajstić information content (AvgIpc) is 3.67. The van der Waals surface area contributed by atoms with Crippen LogP contribution in [0.2, 0.25) is 0 Å². The van der Waals surface area contributed by atoms with E-state index in [0.29, 0.717) is 11.3 Å². The lowest BCUT2D eigenvalue weighted by atomic mass is 10.0. The molecular formula is C44H70N12O12S. The number of thioether (sulfide) groups is 1. The molecule has 384 valence electrons. The van der Waals surface area contributed by atoms with Crippen molar-refractivity contribution in [3.63, 3.8) is 0 Å². The minimum Gasteiger partial charge on any atom is -0.480 e. The first-order valence-electron chi connectivity index (χ1n) is 22.8. The van der Waals surface area contributed by atoms with Crippen LogP contribution in [0.4, 0.5) is 0 Å². The summed E-state index contributed by atoms with van der Waals surface area (Å²) in [6.45, 7) is 4.05. The van der Waals surface area contributed by atoms with Crippen molar-refractivity contribution in [1.82, 2.24) is 45.9 Å². The van der Waals surface area contributed by atoms with E-state index in [9.17, 15) is 58.8 Å². The van der Waals surface area contributed by atoms with Gasteiger partial charge in [0.2, 0.25) is 23.6 Å². The highest BCUT2D eigenvalue weighted by Crippen LogP contribution is 2.20. The van der Waals surface area contributed by atoms with Crippen LogP contribution >= 0.6 is 11.8 Å². The van der Waals surface area contributed by atoms with Crippen LogP contribution in [-0.2, 0) is 44.8 Å². The predicted molar refractivity (Wildman–Crippen MR) is 258 cm³/mol. The van der Waals surface area contributed by atoms with Gasteiger partial charge in [-0.15, -0.1) is 0 Å². The van der Waals surface area contributed by atoms with Gasteiger partial charge >= 0.3 is 23.9 Å². The number of carbonyl (C=O) groups is 8. The van der Waals surface area contributed by atoms with Crippen LogP contribution in [0.1, 0.15) is 45.1 Å². The summed E-state index contributed by atoms with van der Waals surface area (Å²) >= 11 is 1.41. The predicted octanol–water partition coefficient (Wildman–Crippen LogP) is -1.94. The van der Waals surface area contributed by atoms with Crippen molar-refractivity contribution < 1.29 is 58.8 Å². The minimum absolute atomic E-state index is 0.00237. The molecule has 2 heterocycles. The molecule has 69 heavy (non-hydrogen) atoms. The zero-order chi connectivity index (χ0) is 51.0. The van der Waals surface area contributed by atoms with Crippen molar-refractivity contribution in [3.05, 3.63) is 36.0 Å². The van der Waals surface area contributed by atoms with E-state index in [0.717, 1.165) is 10.9 Å². The Hall–Kier alpha value is -6.02. The van der Waals surface area contributed by atoms with Crippen molar-refractivity contribution in [1.29, 1.82) is 0 Å². The van der Waals surface area contributed by atoms with Crippen LogP contribution < -0.4 is 32.7 Å². The summed E-state index contributed by atoms with van der Waals surface area (Å²) in [6.07, 6.45) is 4.01. The Morgan fingerprint density at radius 2 is 1.14 bits per heavy atom. The zero-order valence-corrected chi connectivity index (χ0v) is 40.4. The first kappa shape index (κ1) is 57.3. The number of rotatable bonds is 27. The Morgan fingerprint density at radius 3 is 1.64 bits per heavy atom. The van der Waals surface area contributed by atoms with E-state index in [1.165, 1.54) is 11.8 Å². The summed E-state index contributed by atoms with van der Waals surface area (Å²) in [5.74, 6) is -7.16. The number of nitrogens with one attached hydrogen (secondary N) is 5. The number of aromatic nitrogens is 1. The van der Waals surface area contributed by atoms with Crippen LogP contribution in [0.5, 0.6) is 0 Å².